The fraction of sp³-hybridized carbons (Fsp3) is 0. The third kappa shape index (κ3) is 2.90. The molecule has 3 N–H and O–H groups in total. The van der Waals surface area contributed by atoms with E-state index in [4.69, 9.17) is 10.2 Å². The van der Waals surface area contributed by atoms with Gasteiger partial charge in [-0.3, -0.25) is 4.79 Å². The minimum atomic E-state index is -1.11. The highest BCUT2D eigenvalue weighted by molar-refractivity contribution is 6.07. The van der Waals surface area contributed by atoms with Gasteiger partial charge >= 0.3 is 5.97 Å². The lowest BCUT2D eigenvalue weighted by Gasteiger charge is -2.08. The monoisotopic (exact) mass is 257 g/mol. The number of hydrogen-bond acceptors (Lipinski definition) is 3. The van der Waals surface area contributed by atoms with Gasteiger partial charge in [0.1, 0.15) is 5.75 Å². The molecule has 1 amide bonds. The lowest BCUT2D eigenvalue weighted by molar-refractivity contribution is 0.0698. The van der Waals surface area contributed by atoms with Gasteiger partial charge in [-0.1, -0.05) is 12.1 Å². The number of benzene rings is 2. The van der Waals surface area contributed by atoms with Crippen LogP contribution < -0.4 is 5.32 Å². The van der Waals surface area contributed by atoms with Crippen molar-refractivity contribution < 1.29 is 19.8 Å². The van der Waals surface area contributed by atoms with Crippen LogP contribution in [0.2, 0.25) is 0 Å². The van der Waals surface area contributed by atoms with Gasteiger partial charge in [0.15, 0.2) is 0 Å². The maximum absolute atomic E-state index is 11.9. The third-order valence-electron chi connectivity index (χ3n) is 2.54. The number of aromatic hydroxyl groups is 1. The molecule has 2 aromatic rings. The molecule has 0 atom stereocenters. The highest BCUT2D eigenvalue weighted by Crippen LogP contribution is 2.17. The number of carboxylic acids is 1. The standard InChI is InChI=1S/C14H11NO4/c16-10-7-5-9(6-8-10)13(17)15-12-4-2-1-3-11(12)14(18)19/h1-8,16H,(H,15,17)(H,18,19). The number of carbonyl (C=O) groups is 2. The van der Waals surface area contributed by atoms with Gasteiger partial charge in [0.25, 0.3) is 5.91 Å². The number of para-hydroxylation sites is 1. The van der Waals surface area contributed by atoms with Gasteiger partial charge in [-0.15, -0.1) is 0 Å². The molecule has 5 heteroatoms. The number of nitrogens with one attached hydrogen (secondary N) is 1. The van der Waals surface area contributed by atoms with Gasteiger partial charge in [-0.05, 0) is 36.4 Å². The Bertz CT molecular complexity index is 620. The Labute approximate surface area is 109 Å². The van der Waals surface area contributed by atoms with E-state index >= 15 is 0 Å². The van der Waals surface area contributed by atoms with Crippen molar-refractivity contribution in [2.24, 2.45) is 0 Å². The molecule has 96 valence electrons. The molecule has 0 aliphatic carbocycles. The van der Waals surface area contributed by atoms with Crippen LogP contribution in [0.15, 0.2) is 48.5 Å². The second-order valence-corrected chi connectivity index (χ2v) is 3.85. The molecule has 19 heavy (non-hydrogen) atoms. The Morgan fingerprint density at radius 2 is 1.58 bits per heavy atom. The van der Waals surface area contributed by atoms with Gasteiger partial charge in [0, 0.05) is 5.56 Å². The molecular weight excluding hydrogens is 246 g/mol. The Morgan fingerprint density at radius 3 is 2.21 bits per heavy atom. The molecule has 0 saturated carbocycles. The lowest BCUT2D eigenvalue weighted by Crippen LogP contribution is -2.14. The summed E-state index contributed by atoms with van der Waals surface area (Å²) < 4.78 is 0. The summed E-state index contributed by atoms with van der Waals surface area (Å²) in [6, 6.07) is 11.8. The number of phenolic OH excluding ortho intramolecular Hbond substituents is 1. The summed E-state index contributed by atoms with van der Waals surface area (Å²) in [5, 5.41) is 20.7. The minimum Gasteiger partial charge on any atom is -0.508 e. The van der Waals surface area contributed by atoms with E-state index in [0.29, 0.717) is 5.56 Å². The predicted molar refractivity (Wildman–Crippen MR) is 69.5 cm³/mol. The Hall–Kier alpha value is -2.82. The molecule has 0 fully saturated rings. The van der Waals surface area contributed by atoms with E-state index in [0.717, 1.165) is 0 Å². The predicted octanol–water partition coefficient (Wildman–Crippen LogP) is 2.34. The van der Waals surface area contributed by atoms with Gasteiger partial charge in [-0.2, -0.15) is 0 Å². The number of anilines is 1. The first kappa shape index (κ1) is 12.6. The van der Waals surface area contributed by atoms with Crippen molar-refractivity contribution in [1.82, 2.24) is 0 Å². The number of hydrogen-bond donors (Lipinski definition) is 3. The maximum Gasteiger partial charge on any atom is 0.337 e. The van der Waals surface area contributed by atoms with Crippen LogP contribution in [0.3, 0.4) is 0 Å². The number of carboxylic acid groups (broad SMARTS) is 1. The van der Waals surface area contributed by atoms with Crippen molar-refractivity contribution in [3.05, 3.63) is 59.7 Å². The van der Waals surface area contributed by atoms with E-state index in [2.05, 4.69) is 5.32 Å². The molecule has 2 aromatic carbocycles. The average molecular weight is 257 g/mol. The number of carbonyl (C=O) groups excluding carboxylic acids is 1. The van der Waals surface area contributed by atoms with Crippen LogP contribution in [0.25, 0.3) is 0 Å². The second-order valence-electron chi connectivity index (χ2n) is 3.85. The summed E-state index contributed by atoms with van der Waals surface area (Å²) in [5.74, 6) is -1.49. The molecule has 0 saturated heterocycles. The smallest absolute Gasteiger partial charge is 0.337 e. The largest absolute Gasteiger partial charge is 0.508 e. The van der Waals surface area contributed by atoms with Crippen LogP contribution in [-0.4, -0.2) is 22.1 Å². The maximum atomic E-state index is 11.9. The van der Waals surface area contributed by atoms with Gasteiger partial charge in [0.05, 0.1) is 11.3 Å². The third-order valence-corrected chi connectivity index (χ3v) is 2.54. The van der Waals surface area contributed by atoms with Crippen molar-refractivity contribution in [1.29, 1.82) is 0 Å². The van der Waals surface area contributed by atoms with Gasteiger partial charge in [-0.25, -0.2) is 4.79 Å². The lowest BCUT2D eigenvalue weighted by atomic mass is 10.1. The zero-order chi connectivity index (χ0) is 13.8. The highest BCUT2D eigenvalue weighted by atomic mass is 16.4. The first-order chi connectivity index (χ1) is 9.08. The van der Waals surface area contributed by atoms with Crippen LogP contribution in [0.5, 0.6) is 5.75 Å². The molecular formula is C14H11NO4. The topological polar surface area (TPSA) is 86.6 Å². The Morgan fingerprint density at radius 1 is 0.947 bits per heavy atom. The molecule has 0 aromatic heterocycles. The quantitative estimate of drug-likeness (QED) is 0.787. The minimum absolute atomic E-state index is 0.0228. The molecule has 5 nitrogen and oxygen atoms in total. The Kier molecular flexibility index (Phi) is 3.47. The van der Waals surface area contributed by atoms with Crippen molar-refractivity contribution in [3.8, 4) is 5.75 Å². The van der Waals surface area contributed by atoms with E-state index in [9.17, 15) is 9.59 Å². The van der Waals surface area contributed by atoms with Crippen LogP contribution in [-0.2, 0) is 0 Å². The molecule has 0 bridgehead atoms. The first-order valence-corrected chi connectivity index (χ1v) is 5.50. The number of amides is 1. The van der Waals surface area contributed by atoms with E-state index in [-0.39, 0.29) is 17.0 Å². The molecule has 0 aliphatic heterocycles. The van der Waals surface area contributed by atoms with Crippen molar-refractivity contribution in [3.63, 3.8) is 0 Å². The molecule has 2 rings (SSSR count). The number of rotatable bonds is 3. The zero-order valence-electron chi connectivity index (χ0n) is 9.83. The van der Waals surface area contributed by atoms with Gasteiger partial charge in [0.2, 0.25) is 0 Å². The average Bonchev–Trinajstić information content (AvgIpc) is 2.39. The van der Waals surface area contributed by atoms with Crippen molar-refractivity contribution in [2.45, 2.75) is 0 Å². The van der Waals surface area contributed by atoms with E-state index in [1.54, 1.807) is 12.1 Å². The molecule has 0 spiro atoms. The Balaban J connectivity index is 2.24. The van der Waals surface area contributed by atoms with E-state index < -0.39 is 11.9 Å². The summed E-state index contributed by atoms with van der Waals surface area (Å²) in [6.07, 6.45) is 0. The fourth-order valence-electron chi connectivity index (χ4n) is 1.59. The molecule has 0 unspecified atom stereocenters. The van der Waals surface area contributed by atoms with Crippen LogP contribution in [0.1, 0.15) is 20.7 Å². The van der Waals surface area contributed by atoms with Crippen LogP contribution >= 0.6 is 0 Å². The van der Waals surface area contributed by atoms with Crippen molar-refractivity contribution in [2.75, 3.05) is 5.32 Å². The summed E-state index contributed by atoms with van der Waals surface area (Å²) in [7, 11) is 0. The van der Waals surface area contributed by atoms with Crippen molar-refractivity contribution >= 4 is 17.6 Å². The molecule has 0 radical (unpaired) electrons. The first-order valence-electron chi connectivity index (χ1n) is 5.50. The summed E-state index contributed by atoms with van der Waals surface area (Å²) >= 11 is 0. The number of phenols is 1. The normalized spacial score (nSPS) is 9.89. The molecule has 0 heterocycles. The second kappa shape index (κ2) is 5.22. The fourth-order valence-corrected chi connectivity index (χ4v) is 1.59. The SMILES string of the molecule is O=C(Nc1ccccc1C(=O)O)c1ccc(O)cc1. The summed E-state index contributed by atoms with van der Waals surface area (Å²) in [6.45, 7) is 0. The summed E-state index contributed by atoms with van der Waals surface area (Å²) in [4.78, 5) is 22.9. The van der Waals surface area contributed by atoms with Gasteiger partial charge < -0.3 is 15.5 Å². The highest BCUT2D eigenvalue weighted by Gasteiger charge is 2.12. The zero-order valence-corrected chi connectivity index (χ0v) is 9.83. The number of aromatic carboxylic acids is 1. The van der Waals surface area contributed by atoms with Crippen LogP contribution in [0.4, 0.5) is 5.69 Å². The molecule has 0 aliphatic rings. The van der Waals surface area contributed by atoms with E-state index in [1.807, 2.05) is 0 Å². The van der Waals surface area contributed by atoms with Crippen LogP contribution in [0, 0.1) is 0 Å². The summed E-state index contributed by atoms with van der Waals surface area (Å²) in [5.41, 5.74) is 0.584. The van der Waals surface area contributed by atoms with E-state index in [1.165, 1.54) is 36.4 Å².